The molecule has 1 heterocycles. The van der Waals surface area contributed by atoms with E-state index in [-0.39, 0.29) is 29.3 Å². The summed E-state index contributed by atoms with van der Waals surface area (Å²) in [5.41, 5.74) is 0.921. The highest BCUT2D eigenvalue weighted by Crippen LogP contribution is 2.60. The lowest BCUT2D eigenvalue weighted by Crippen LogP contribution is -2.55. The third-order valence-corrected chi connectivity index (χ3v) is 7.74. The summed E-state index contributed by atoms with van der Waals surface area (Å²) < 4.78 is 0. The molecular weight excluding hydrogens is 388 g/mol. The van der Waals surface area contributed by atoms with Crippen molar-refractivity contribution in [2.45, 2.75) is 57.1 Å². The molecule has 1 aromatic carbocycles. The molecule has 4 saturated carbocycles. The van der Waals surface area contributed by atoms with E-state index in [2.05, 4.69) is 10.2 Å². The average molecular weight is 423 g/mol. The highest BCUT2D eigenvalue weighted by atomic mass is 35.5. The molecule has 6 heteroatoms. The lowest BCUT2D eigenvalue weighted by Gasteiger charge is -2.55. The van der Waals surface area contributed by atoms with E-state index in [0.29, 0.717) is 12.5 Å². The predicted molar refractivity (Wildman–Crippen MR) is 116 cm³/mol. The van der Waals surface area contributed by atoms with Gasteiger partial charge in [-0.2, -0.15) is 0 Å². The molecule has 0 aromatic heterocycles. The summed E-state index contributed by atoms with van der Waals surface area (Å²) in [5.74, 6) is 2.77. The molecular formula is C23H35ClN2O3. The number of aliphatic hydroxyl groups is 1. The van der Waals surface area contributed by atoms with Crippen molar-refractivity contribution in [2.75, 3.05) is 19.6 Å². The summed E-state index contributed by atoms with van der Waals surface area (Å²) >= 11 is 0. The smallest absolute Gasteiger partial charge is 0.226 e. The molecule has 0 radical (unpaired) electrons. The van der Waals surface area contributed by atoms with Crippen LogP contribution in [0.2, 0.25) is 0 Å². The number of hydrogen-bond donors (Lipinski definition) is 2. The van der Waals surface area contributed by atoms with Crippen molar-refractivity contribution in [3.8, 4) is 0 Å². The summed E-state index contributed by atoms with van der Waals surface area (Å²) in [6.07, 6.45) is 8.07. The van der Waals surface area contributed by atoms with Gasteiger partial charge in [0.25, 0.3) is 0 Å². The van der Waals surface area contributed by atoms with Crippen LogP contribution in [0.5, 0.6) is 0 Å². The van der Waals surface area contributed by atoms with E-state index < -0.39 is 6.10 Å². The fourth-order valence-corrected chi connectivity index (χ4v) is 6.87. The molecule has 0 spiro atoms. The summed E-state index contributed by atoms with van der Waals surface area (Å²) in [6.45, 7) is 2.46. The monoisotopic (exact) mass is 422 g/mol. The molecule has 2 atom stereocenters. The maximum atomic E-state index is 13.2. The predicted octanol–water partition coefficient (Wildman–Crippen LogP) is 2.72. The standard InChI is InChI=1S/C23H32N2O2.ClH.H2O/c26-21(19-4-2-1-3-5-19)15-25-7-6-20(14-25)24-22(27)23-11-16-8-17(12-23)10-18(9-16)13-23;;/h1-5,16-18,20-21,26H,6-15H2,(H,24,27);1H;1H2/t16?,17?,18?,20-,21-,23?;;/m0../s1. The number of carbonyl (C=O) groups excluding carboxylic acids is 1. The summed E-state index contributed by atoms with van der Waals surface area (Å²) in [6, 6.07) is 10.1. The maximum absolute atomic E-state index is 13.2. The van der Waals surface area contributed by atoms with Gasteiger partial charge >= 0.3 is 0 Å². The van der Waals surface area contributed by atoms with Gasteiger partial charge in [0, 0.05) is 31.1 Å². The summed E-state index contributed by atoms with van der Waals surface area (Å²) in [7, 11) is 0. The van der Waals surface area contributed by atoms with E-state index in [1.165, 1.54) is 19.3 Å². The van der Waals surface area contributed by atoms with Crippen LogP contribution in [0, 0.1) is 23.2 Å². The van der Waals surface area contributed by atoms with Crippen LogP contribution in [-0.2, 0) is 4.79 Å². The zero-order chi connectivity index (χ0) is 18.4. The molecule has 1 amide bonds. The first-order valence-electron chi connectivity index (χ1n) is 10.9. The molecule has 4 N–H and O–H groups in total. The van der Waals surface area contributed by atoms with E-state index in [1.807, 2.05) is 30.3 Å². The molecule has 29 heavy (non-hydrogen) atoms. The van der Waals surface area contributed by atoms with Crippen molar-refractivity contribution in [1.29, 1.82) is 0 Å². The fraction of sp³-hybridized carbons (Fsp3) is 0.696. The van der Waals surface area contributed by atoms with Gasteiger partial charge in [0.05, 0.1) is 6.10 Å². The van der Waals surface area contributed by atoms with E-state index in [0.717, 1.165) is 62.1 Å². The number of halogens is 1. The zero-order valence-electron chi connectivity index (χ0n) is 17.1. The number of benzene rings is 1. The first-order valence-corrected chi connectivity index (χ1v) is 10.9. The van der Waals surface area contributed by atoms with Crippen LogP contribution in [0.1, 0.15) is 56.6 Å². The number of hydrogen-bond acceptors (Lipinski definition) is 3. The van der Waals surface area contributed by atoms with Crippen molar-refractivity contribution in [1.82, 2.24) is 10.2 Å². The number of likely N-dealkylation sites (tertiary alicyclic amines) is 1. The number of carbonyl (C=O) groups is 1. The highest BCUT2D eigenvalue weighted by molar-refractivity contribution is 5.85. The Bertz CT molecular complexity index is 663. The Labute approximate surface area is 180 Å². The second-order valence-corrected chi connectivity index (χ2v) is 9.84. The Balaban J connectivity index is 0.00000120. The van der Waals surface area contributed by atoms with Gasteiger partial charge in [-0.15, -0.1) is 12.4 Å². The Hall–Kier alpha value is -1.14. The van der Waals surface area contributed by atoms with Gasteiger partial charge in [-0.05, 0) is 68.3 Å². The van der Waals surface area contributed by atoms with Gasteiger partial charge in [0.1, 0.15) is 0 Å². The molecule has 1 aromatic rings. The molecule has 162 valence electrons. The number of rotatable bonds is 5. The Morgan fingerprint density at radius 1 is 1.10 bits per heavy atom. The minimum absolute atomic E-state index is 0. The van der Waals surface area contributed by atoms with Crippen LogP contribution in [0.15, 0.2) is 30.3 Å². The van der Waals surface area contributed by atoms with Crippen LogP contribution >= 0.6 is 12.4 Å². The molecule has 1 aliphatic heterocycles. The highest BCUT2D eigenvalue weighted by Gasteiger charge is 2.54. The van der Waals surface area contributed by atoms with Crippen LogP contribution < -0.4 is 5.32 Å². The summed E-state index contributed by atoms with van der Waals surface area (Å²) in [5, 5.41) is 13.9. The molecule has 6 rings (SSSR count). The van der Waals surface area contributed by atoms with Gasteiger partial charge in [0.15, 0.2) is 0 Å². The van der Waals surface area contributed by atoms with E-state index >= 15 is 0 Å². The minimum Gasteiger partial charge on any atom is -0.412 e. The van der Waals surface area contributed by atoms with Crippen molar-refractivity contribution in [3.05, 3.63) is 35.9 Å². The van der Waals surface area contributed by atoms with Gasteiger partial charge in [-0.1, -0.05) is 30.3 Å². The minimum atomic E-state index is -0.455. The van der Waals surface area contributed by atoms with Crippen LogP contribution in [0.3, 0.4) is 0 Å². The van der Waals surface area contributed by atoms with E-state index in [4.69, 9.17) is 0 Å². The normalized spacial score (nSPS) is 36.2. The van der Waals surface area contributed by atoms with Crippen LogP contribution in [-0.4, -0.2) is 47.1 Å². The number of nitrogens with zero attached hydrogens (tertiary/aromatic N) is 1. The lowest BCUT2D eigenvalue weighted by molar-refractivity contribution is -0.146. The van der Waals surface area contributed by atoms with Crippen LogP contribution in [0.4, 0.5) is 0 Å². The van der Waals surface area contributed by atoms with Crippen molar-refractivity contribution in [3.63, 3.8) is 0 Å². The van der Waals surface area contributed by atoms with E-state index in [9.17, 15) is 9.90 Å². The molecule has 4 aliphatic carbocycles. The molecule has 4 bridgehead atoms. The summed E-state index contributed by atoms with van der Waals surface area (Å²) in [4.78, 5) is 15.5. The largest absolute Gasteiger partial charge is 0.412 e. The molecule has 5 aliphatic rings. The number of aliphatic hydroxyl groups excluding tert-OH is 1. The number of amides is 1. The first-order chi connectivity index (χ1) is 13.1. The maximum Gasteiger partial charge on any atom is 0.226 e. The van der Waals surface area contributed by atoms with Crippen molar-refractivity contribution in [2.24, 2.45) is 23.2 Å². The van der Waals surface area contributed by atoms with Gasteiger partial charge < -0.3 is 15.9 Å². The van der Waals surface area contributed by atoms with Gasteiger partial charge in [-0.3, -0.25) is 9.69 Å². The molecule has 5 nitrogen and oxygen atoms in total. The average Bonchev–Trinajstić information content (AvgIpc) is 3.08. The molecule has 5 fully saturated rings. The Morgan fingerprint density at radius 3 is 2.28 bits per heavy atom. The van der Waals surface area contributed by atoms with Gasteiger partial charge in [0.2, 0.25) is 5.91 Å². The zero-order valence-corrected chi connectivity index (χ0v) is 17.9. The Morgan fingerprint density at radius 2 is 1.69 bits per heavy atom. The SMILES string of the molecule is Cl.O.O=C(N[C@H]1CCN(C[C@H](O)c2ccccc2)C1)C12CC3CC(CC(C3)C1)C2. The van der Waals surface area contributed by atoms with Gasteiger partial charge in [-0.25, -0.2) is 0 Å². The third kappa shape index (κ3) is 4.48. The number of β-amino-alcohol motifs (C(OH)–C–C–N with tert-alkyl or cyclic N) is 1. The van der Waals surface area contributed by atoms with Crippen molar-refractivity contribution < 1.29 is 15.4 Å². The quantitative estimate of drug-likeness (QED) is 0.765. The molecule has 1 saturated heterocycles. The fourth-order valence-electron chi connectivity index (χ4n) is 6.87. The first kappa shape index (κ1) is 22.5. The topological polar surface area (TPSA) is 84.1 Å². The van der Waals surface area contributed by atoms with Crippen LogP contribution in [0.25, 0.3) is 0 Å². The Kier molecular flexibility index (Phi) is 6.94. The second-order valence-electron chi connectivity index (χ2n) is 9.84. The molecule has 0 unspecified atom stereocenters. The second kappa shape index (κ2) is 8.93. The third-order valence-electron chi connectivity index (χ3n) is 7.74. The van der Waals surface area contributed by atoms with Crippen molar-refractivity contribution >= 4 is 18.3 Å². The lowest BCUT2D eigenvalue weighted by atomic mass is 9.49. The van der Waals surface area contributed by atoms with E-state index in [1.54, 1.807) is 0 Å². The number of nitrogens with one attached hydrogen (secondary N) is 1.